The maximum Gasteiger partial charge on any atom is 0.409 e. The van der Waals surface area contributed by atoms with Crippen LogP contribution >= 0.6 is 0 Å². The molecule has 110 valence electrons. The Morgan fingerprint density at radius 1 is 1.45 bits per heavy atom. The van der Waals surface area contributed by atoms with Gasteiger partial charge in [0.05, 0.1) is 30.4 Å². The highest BCUT2D eigenvalue weighted by molar-refractivity contribution is 5.92. The molecule has 0 radical (unpaired) electrons. The Labute approximate surface area is 116 Å². The number of nitrogens with zero attached hydrogens (tertiary/aromatic N) is 5. The van der Waals surface area contributed by atoms with Crippen LogP contribution in [0.1, 0.15) is 13.8 Å². The first-order chi connectivity index (χ1) is 9.60. The lowest BCUT2D eigenvalue weighted by atomic mass is 10.4. The van der Waals surface area contributed by atoms with Gasteiger partial charge >= 0.3 is 6.09 Å². The zero-order valence-electron chi connectivity index (χ0n) is 11.5. The molecule has 0 aliphatic carbocycles. The molecule has 9 nitrogen and oxygen atoms in total. The fourth-order valence-corrected chi connectivity index (χ4v) is 1.87. The van der Waals surface area contributed by atoms with E-state index in [1.807, 2.05) is 5.01 Å². The van der Waals surface area contributed by atoms with Crippen LogP contribution in [0.15, 0.2) is 10.7 Å². The topological polar surface area (TPSA) is 93.9 Å². The summed E-state index contributed by atoms with van der Waals surface area (Å²) in [6.07, 6.45) is 1.23. The van der Waals surface area contributed by atoms with Crippen LogP contribution in [0.3, 0.4) is 0 Å². The van der Waals surface area contributed by atoms with E-state index in [0.29, 0.717) is 32.8 Å². The van der Waals surface area contributed by atoms with Crippen LogP contribution in [0.2, 0.25) is 0 Å². The SMILES string of the molecule is CCOC(=O)N1CCN([n+]2cc([N-]C(C)=O)on2)CC1. The maximum absolute atomic E-state index is 11.6. The number of carbonyl (C=O) groups is 2. The monoisotopic (exact) mass is 283 g/mol. The van der Waals surface area contributed by atoms with Gasteiger partial charge in [0, 0.05) is 13.1 Å². The van der Waals surface area contributed by atoms with Crippen molar-refractivity contribution in [3.05, 3.63) is 11.5 Å². The molecule has 0 bridgehead atoms. The minimum Gasteiger partial charge on any atom is -0.589 e. The molecule has 9 heteroatoms. The van der Waals surface area contributed by atoms with Gasteiger partial charge in [-0.2, -0.15) is 0 Å². The zero-order chi connectivity index (χ0) is 14.5. The first kappa shape index (κ1) is 14.1. The summed E-state index contributed by atoms with van der Waals surface area (Å²) in [4.78, 5) is 25.5. The van der Waals surface area contributed by atoms with Crippen molar-refractivity contribution in [3.8, 4) is 0 Å². The Hall–Kier alpha value is -2.32. The Balaban J connectivity index is 1.88. The Kier molecular flexibility index (Phi) is 4.38. The Morgan fingerprint density at radius 2 is 2.15 bits per heavy atom. The lowest BCUT2D eigenvalue weighted by molar-refractivity contribution is -0.759. The van der Waals surface area contributed by atoms with E-state index >= 15 is 0 Å². The summed E-state index contributed by atoms with van der Waals surface area (Å²) in [7, 11) is 0. The largest absolute Gasteiger partial charge is 0.589 e. The van der Waals surface area contributed by atoms with Gasteiger partial charge in [0.2, 0.25) is 5.27 Å². The first-order valence-corrected chi connectivity index (χ1v) is 6.38. The van der Waals surface area contributed by atoms with Crippen LogP contribution in [0, 0.1) is 0 Å². The number of aromatic nitrogens is 2. The van der Waals surface area contributed by atoms with Crippen molar-refractivity contribution in [1.82, 2.24) is 10.2 Å². The molecule has 0 aromatic carbocycles. The van der Waals surface area contributed by atoms with E-state index in [1.165, 1.54) is 17.9 Å². The number of piperazine rings is 1. The van der Waals surface area contributed by atoms with Gasteiger partial charge in [-0.25, -0.2) is 4.79 Å². The molecule has 0 atom stereocenters. The predicted molar refractivity (Wildman–Crippen MR) is 66.9 cm³/mol. The van der Waals surface area contributed by atoms with Crippen LogP contribution < -0.4 is 9.80 Å². The van der Waals surface area contributed by atoms with Crippen LogP contribution in [-0.4, -0.2) is 55.0 Å². The minimum atomic E-state index is -0.347. The Bertz CT molecular complexity index is 481. The van der Waals surface area contributed by atoms with Crippen molar-refractivity contribution >= 4 is 17.9 Å². The highest BCUT2D eigenvalue weighted by atomic mass is 16.6. The lowest BCUT2D eigenvalue weighted by Gasteiger charge is -2.29. The number of hydrogen-bond donors (Lipinski definition) is 0. The van der Waals surface area contributed by atoms with Crippen LogP contribution in [0.4, 0.5) is 10.7 Å². The standard InChI is InChI=1S/C11H17N5O4/c1-3-19-11(18)14-4-6-15(7-5-14)16-8-10(20-13-16)12-9(2)17/h8H,3-7H2,1-2H3. The summed E-state index contributed by atoms with van der Waals surface area (Å²) >= 11 is 0. The molecule has 2 amide bonds. The lowest BCUT2D eigenvalue weighted by Crippen LogP contribution is -2.65. The summed E-state index contributed by atoms with van der Waals surface area (Å²) < 4.78 is 9.87. The molecule has 1 saturated heterocycles. The summed E-state index contributed by atoms with van der Waals surface area (Å²) in [5, 5.41) is 9.32. The number of ether oxygens (including phenoxy) is 1. The van der Waals surface area contributed by atoms with Gasteiger partial charge in [0.15, 0.2) is 0 Å². The molecule has 20 heavy (non-hydrogen) atoms. The maximum atomic E-state index is 11.6. The number of amides is 2. The molecule has 2 heterocycles. The third kappa shape index (κ3) is 3.37. The molecule has 1 aliphatic rings. The van der Waals surface area contributed by atoms with Crippen molar-refractivity contribution < 1.29 is 23.6 Å². The van der Waals surface area contributed by atoms with Gasteiger partial charge in [-0.15, -0.1) is 5.01 Å². The molecule has 1 fully saturated rings. The van der Waals surface area contributed by atoms with Gasteiger partial charge < -0.3 is 24.3 Å². The molecule has 1 aliphatic heterocycles. The van der Waals surface area contributed by atoms with Gasteiger partial charge in [0.25, 0.3) is 6.20 Å². The molecule has 1 aromatic rings. The number of carbonyl (C=O) groups excluding carboxylic acids is 2. The summed E-state index contributed by atoms with van der Waals surface area (Å²) in [5.41, 5.74) is 0. The third-order valence-corrected chi connectivity index (χ3v) is 2.78. The van der Waals surface area contributed by atoms with E-state index in [0.717, 1.165) is 0 Å². The highest BCUT2D eigenvalue weighted by Gasteiger charge is 2.27. The fourth-order valence-electron chi connectivity index (χ4n) is 1.87. The van der Waals surface area contributed by atoms with Gasteiger partial charge in [-0.05, 0) is 13.8 Å². The van der Waals surface area contributed by atoms with E-state index in [1.54, 1.807) is 11.8 Å². The molecule has 0 spiro atoms. The molecule has 1 aromatic heterocycles. The second-order valence-corrected chi connectivity index (χ2v) is 4.23. The van der Waals surface area contributed by atoms with Crippen molar-refractivity contribution in [2.45, 2.75) is 13.8 Å². The second kappa shape index (κ2) is 6.22. The van der Waals surface area contributed by atoms with Crippen molar-refractivity contribution in [1.29, 1.82) is 0 Å². The molecular weight excluding hydrogens is 266 g/mol. The average molecular weight is 283 g/mol. The van der Waals surface area contributed by atoms with Gasteiger partial charge in [-0.1, -0.05) is 0 Å². The molecule has 2 rings (SSSR count). The smallest absolute Gasteiger partial charge is 0.409 e. The molecule has 0 saturated carbocycles. The fraction of sp³-hybridized carbons (Fsp3) is 0.636. The molecule has 0 N–H and O–H groups in total. The third-order valence-electron chi connectivity index (χ3n) is 2.78. The highest BCUT2D eigenvalue weighted by Crippen LogP contribution is 2.13. The van der Waals surface area contributed by atoms with E-state index in [9.17, 15) is 9.59 Å². The van der Waals surface area contributed by atoms with E-state index in [4.69, 9.17) is 9.26 Å². The Morgan fingerprint density at radius 3 is 2.75 bits per heavy atom. The van der Waals surface area contributed by atoms with E-state index in [-0.39, 0.29) is 17.9 Å². The number of hydrogen-bond acceptors (Lipinski definition) is 6. The normalized spacial score (nSPS) is 15.1. The second-order valence-electron chi connectivity index (χ2n) is 4.23. The van der Waals surface area contributed by atoms with Crippen molar-refractivity contribution in [2.75, 3.05) is 37.8 Å². The molecule has 0 unspecified atom stereocenters. The van der Waals surface area contributed by atoms with Gasteiger partial charge in [-0.3, -0.25) is 0 Å². The van der Waals surface area contributed by atoms with E-state index < -0.39 is 0 Å². The quantitative estimate of drug-likeness (QED) is 0.720. The van der Waals surface area contributed by atoms with Crippen molar-refractivity contribution in [2.24, 2.45) is 0 Å². The zero-order valence-corrected chi connectivity index (χ0v) is 11.5. The predicted octanol–water partition coefficient (Wildman–Crippen LogP) is -0.0761. The first-order valence-electron chi connectivity index (χ1n) is 6.38. The molecular formula is C11H17N5O4. The van der Waals surface area contributed by atoms with Crippen LogP contribution in [-0.2, 0) is 9.53 Å². The van der Waals surface area contributed by atoms with Crippen LogP contribution in [0.25, 0.3) is 5.32 Å². The van der Waals surface area contributed by atoms with Crippen LogP contribution in [0.5, 0.6) is 0 Å². The summed E-state index contributed by atoms with van der Waals surface area (Å²) in [6, 6.07) is 0. The minimum absolute atomic E-state index is 0.158. The van der Waals surface area contributed by atoms with Crippen molar-refractivity contribution in [3.63, 3.8) is 0 Å². The average Bonchev–Trinajstić information content (AvgIpc) is 2.87. The van der Waals surface area contributed by atoms with Gasteiger partial charge in [0.1, 0.15) is 5.88 Å². The number of rotatable bonds is 3. The summed E-state index contributed by atoms with van der Waals surface area (Å²) in [6.45, 7) is 5.75. The summed E-state index contributed by atoms with van der Waals surface area (Å²) in [5.74, 6) is -0.189. The van der Waals surface area contributed by atoms with E-state index in [2.05, 4.69) is 10.6 Å².